The van der Waals surface area contributed by atoms with Crippen molar-refractivity contribution in [3.8, 4) is 5.75 Å². The quantitative estimate of drug-likeness (QED) is 0.461. The zero-order chi connectivity index (χ0) is 19.8. The summed E-state index contributed by atoms with van der Waals surface area (Å²) in [5.41, 5.74) is -6.39. The van der Waals surface area contributed by atoms with Gasteiger partial charge in [0.15, 0.2) is 0 Å². The lowest BCUT2D eigenvalue weighted by Crippen LogP contribution is -2.63. The van der Waals surface area contributed by atoms with Crippen molar-refractivity contribution in [1.29, 1.82) is 0 Å². The molecule has 1 rings (SSSR count). The molecule has 0 spiro atoms. The second-order valence-corrected chi connectivity index (χ2v) is 6.41. The molecule has 6 nitrogen and oxygen atoms in total. The summed E-state index contributed by atoms with van der Waals surface area (Å²) in [6.45, 7) is 1.31. The van der Waals surface area contributed by atoms with E-state index in [9.17, 15) is 44.7 Å². The molecule has 0 saturated carbocycles. The number of benzene rings is 1. The van der Waals surface area contributed by atoms with Gasteiger partial charge in [-0.2, -0.15) is 34.8 Å². The molecule has 0 fully saturated rings. The molecule has 25 heavy (non-hydrogen) atoms. The maximum atomic E-state index is 13.0. The topological polar surface area (TPSA) is 101 Å². The maximum absolute atomic E-state index is 13.0. The Kier molecular flexibility index (Phi) is 5.35. The standard InChI is InChI=1S/C12H10F6O6S/c1-6-2-3-8(19)7(4-6)9(20)24-10(11(13,14)15,12(16,17)18)5-25(21,22)23/h2-4,19H,5H2,1H3,(H,21,22,23). The van der Waals surface area contributed by atoms with Gasteiger partial charge < -0.3 is 9.84 Å². The number of rotatable bonds is 4. The molecule has 0 aromatic heterocycles. The summed E-state index contributed by atoms with van der Waals surface area (Å²) >= 11 is 0. The molecule has 0 unspecified atom stereocenters. The van der Waals surface area contributed by atoms with Gasteiger partial charge in [-0.05, 0) is 19.1 Å². The summed E-state index contributed by atoms with van der Waals surface area (Å²) in [7, 11) is -5.87. The number of halogens is 6. The van der Waals surface area contributed by atoms with Crippen molar-refractivity contribution < 1.29 is 54.0 Å². The molecular formula is C12H10F6O6S. The Morgan fingerprint density at radius 3 is 2.00 bits per heavy atom. The highest BCUT2D eigenvalue weighted by Gasteiger charge is 2.76. The van der Waals surface area contributed by atoms with Gasteiger partial charge in [0.2, 0.25) is 0 Å². The summed E-state index contributed by atoms with van der Waals surface area (Å²) in [6.07, 6.45) is -12.9. The van der Waals surface area contributed by atoms with Gasteiger partial charge in [0.05, 0.1) is 0 Å². The van der Waals surface area contributed by atoms with Crippen LogP contribution in [0.25, 0.3) is 0 Å². The van der Waals surface area contributed by atoms with E-state index in [0.29, 0.717) is 0 Å². The number of phenolic OH excluding ortho intramolecular Hbond substituents is 1. The number of phenols is 1. The van der Waals surface area contributed by atoms with Crippen molar-refractivity contribution >= 4 is 16.1 Å². The summed E-state index contributed by atoms with van der Waals surface area (Å²) in [4.78, 5) is 11.8. The Balaban J connectivity index is 3.53. The fourth-order valence-corrected chi connectivity index (χ4v) is 2.65. The minimum absolute atomic E-state index is 0.184. The van der Waals surface area contributed by atoms with Gasteiger partial charge in [0, 0.05) is 0 Å². The van der Waals surface area contributed by atoms with Gasteiger partial charge in [-0.25, -0.2) is 4.79 Å². The van der Waals surface area contributed by atoms with Crippen LogP contribution in [0, 0.1) is 6.92 Å². The highest BCUT2D eigenvalue weighted by Crippen LogP contribution is 2.47. The molecule has 2 N–H and O–H groups in total. The number of esters is 1. The predicted molar refractivity (Wildman–Crippen MR) is 69.5 cm³/mol. The van der Waals surface area contributed by atoms with Gasteiger partial charge in [-0.1, -0.05) is 11.6 Å². The van der Waals surface area contributed by atoms with Crippen molar-refractivity contribution in [1.82, 2.24) is 0 Å². The number of ether oxygens (including phenoxy) is 1. The SMILES string of the molecule is Cc1ccc(O)c(C(=O)OC(CS(=O)(=O)O)(C(F)(F)F)C(F)(F)F)c1. The van der Waals surface area contributed by atoms with Gasteiger partial charge in [-0.3, -0.25) is 4.55 Å². The lowest BCUT2D eigenvalue weighted by molar-refractivity contribution is -0.356. The van der Waals surface area contributed by atoms with Crippen molar-refractivity contribution in [3.63, 3.8) is 0 Å². The monoisotopic (exact) mass is 396 g/mol. The Morgan fingerprint density at radius 1 is 1.12 bits per heavy atom. The van der Waals surface area contributed by atoms with Crippen LogP contribution in [0.1, 0.15) is 15.9 Å². The smallest absolute Gasteiger partial charge is 0.438 e. The van der Waals surface area contributed by atoms with Crippen LogP contribution in [0.15, 0.2) is 18.2 Å². The third-order valence-corrected chi connectivity index (χ3v) is 3.71. The first kappa shape index (κ1) is 21.0. The van der Waals surface area contributed by atoms with Crippen molar-refractivity contribution in [3.05, 3.63) is 29.3 Å². The Labute approximate surface area is 136 Å². The summed E-state index contributed by atoms with van der Waals surface area (Å²) in [5.74, 6) is -6.26. The zero-order valence-electron chi connectivity index (χ0n) is 12.1. The number of hydrogen-bond donors (Lipinski definition) is 2. The molecule has 13 heteroatoms. The van der Waals surface area contributed by atoms with Gasteiger partial charge in [0.25, 0.3) is 10.1 Å². The molecule has 0 radical (unpaired) electrons. The van der Waals surface area contributed by atoms with E-state index in [2.05, 4.69) is 4.74 Å². The second kappa shape index (κ2) is 6.37. The van der Waals surface area contributed by atoms with E-state index < -0.39 is 51.1 Å². The number of carbonyl (C=O) groups is 1. The molecule has 1 aromatic carbocycles. The normalized spacial score (nSPS) is 13.6. The summed E-state index contributed by atoms with van der Waals surface area (Å²) in [6, 6.07) is 2.76. The van der Waals surface area contributed by atoms with Gasteiger partial charge in [0.1, 0.15) is 17.1 Å². The van der Waals surface area contributed by atoms with E-state index in [0.717, 1.165) is 12.1 Å². The largest absolute Gasteiger partial charge is 0.507 e. The van der Waals surface area contributed by atoms with Crippen LogP contribution in [-0.4, -0.2) is 47.8 Å². The van der Waals surface area contributed by atoms with Crippen LogP contribution in [-0.2, 0) is 14.9 Å². The molecule has 142 valence electrons. The Hall–Kier alpha value is -2.02. The van der Waals surface area contributed by atoms with E-state index in [1.165, 1.54) is 13.0 Å². The molecule has 0 aliphatic heterocycles. The van der Waals surface area contributed by atoms with Crippen LogP contribution in [0.4, 0.5) is 26.3 Å². The fourth-order valence-electron chi connectivity index (χ4n) is 1.75. The minimum Gasteiger partial charge on any atom is -0.507 e. The number of alkyl halides is 6. The molecule has 1 aromatic rings. The van der Waals surface area contributed by atoms with Crippen LogP contribution in [0.3, 0.4) is 0 Å². The molecule has 0 aliphatic rings. The lowest BCUT2D eigenvalue weighted by Gasteiger charge is -2.35. The first-order chi connectivity index (χ1) is 11.0. The molecule has 0 saturated heterocycles. The van der Waals surface area contributed by atoms with E-state index in [4.69, 9.17) is 4.55 Å². The number of aromatic hydroxyl groups is 1. The highest BCUT2D eigenvalue weighted by molar-refractivity contribution is 7.85. The van der Waals surface area contributed by atoms with Crippen LogP contribution < -0.4 is 0 Å². The molecule has 0 aliphatic carbocycles. The molecule has 0 amide bonds. The van der Waals surface area contributed by atoms with E-state index in [1.54, 1.807) is 0 Å². The first-order valence-electron chi connectivity index (χ1n) is 6.12. The van der Waals surface area contributed by atoms with E-state index >= 15 is 0 Å². The van der Waals surface area contributed by atoms with Crippen LogP contribution in [0.5, 0.6) is 5.75 Å². The maximum Gasteiger partial charge on any atom is 0.438 e. The summed E-state index contributed by atoms with van der Waals surface area (Å²) in [5, 5.41) is 9.41. The van der Waals surface area contributed by atoms with Crippen molar-refractivity contribution in [2.45, 2.75) is 24.9 Å². The Bertz CT molecular complexity index is 753. The second-order valence-electron chi connectivity index (χ2n) is 4.96. The zero-order valence-corrected chi connectivity index (χ0v) is 13.0. The van der Waals surface area contributed by atoms with E-state index in [-0.39, 0.29) is 5.56 Å². The van der Waals surface area contributed by atoms with E-state index in [1.807, 2.05) is 0 Å². The molecule has 0 atom stereocenters. The number of carbonyl (C=O) groups excluding carboxylic acids is 1. The minimum atomic E-state index is -6.43. The third-order valence-electron chi connectivity index (χ3n) is 2.94. The van der Waals surface area contributed by atoms with Crippen LogP contribution in [0.2, 0.25) is 0 Å². The lowest BCUT2D eigenvalue weighted by atomic mass is 10.0. The van der Waals surface area contributed by atoms with Crippen molar-refractivity contribution in [2.24, 2.45) is 0 Å². The molecule has 0 bridgehead atoms. The van der Waals surface area contributed by atoms with Gasteiger partial charge in [-0.15, -0.1) is 0 Å². The number of hydrogen-bond acceptors (Lipinski definition) is 5. The predicted octanol–water partition coefficient (Wildman–Crippen LogP) is 2.61. The average Bonchev–Trinajstić information content (AvgIpc) is 2.36. The van der Waals surface area contributed by atoms with Crippen LogP contribution >= 0.6 is 0 Å². The average molecular weight is 396 g/mol. The van der Waals surface area contributed by atoms with Gasteiger partial charge >= 0.3 is 23.9 Å². The molecule has 0 heterocycles. The molecular weight excluding hydrogens is 386 g/mol. The van der Waals surface area contributed by atoms with Crippen molar-refractivity contribution in [2.75, 3.05) is 5.75 Å². The number of aryl methyl sites for hydroxylation is 1. The first-order valence-corrected chi connectivity index (χ1v) is 7.73. The summed E-state index contributed by atoms with van der Waals surface area (Å²) < 4.78 is 111. The highest BCUT2D eigenvalue weighted by atomic mass is 32.2. The Morgan fingerprint density at radius 2 is 1.60 bits per heavy atom. The fraction of sp³-hybridized carbons (Fsp3) is 0.417. The third kappa shape index (κ3) is 4.54.